The minimum Gasteiger partial charge on any atom is -0.494 e. The van der Waals surface area contributed by atoms with Crippen LogP contribution in [0.15, 0.2) is 65.6 Å². The van der Waals surface area contributed by atoms with Crippen LogP contribution in [-0.2, 0) is 13.1 Å². The Labute approximate surface area is 240 Å². The molecule has 5 nitrogen and oxygen atoms in total. The van der Waals surface area contributed by atoms with Crippen LogP contribution < -0.4 is 19.5 Å². The number of nitrogens with zero attached hydrogens (tertiary/aromatic N) is 2. The van der Waals surface area contributed by atoms with E-state index in [1.54, 1.807) is 23.3 Å². The lowest BCUT2D eigenvalue weighted by Crippen LogP contribution is -2.38. The highest BCUT2D eigenvalue weighted by Gasteiger charge is 2.16. The van der Waals surface area contributed by atoms with Crippen molar-refractivity contribution in [3.63, 3.8) is 0 Å². The molecule has 0 saturated carbocycles. The van der Waals surface area contributed by atoms with Crippen molar-refractivity contribution in [2.75, 3.05) is 18.6 Å². The molecule has 0 aliphatic heterocycles. The lowest BCUT2D eigenvalue weighted by atomic mass is 10.1. The molecule has 6 heteroatoms. The van der Waals surface area contributed by atoms with Gasteiger partial charge in [0.1, 0.15) is 5.75 Å². The molecule has 0 atom stereocenters. The van der Waals surface area contributed by atoms with Crippen molar-refractivity contribution in [3.05, 3.63) is 76.7 Å². The summed E-state index contributed by atoms with van der Waals surface area (Å²) >= 11 is 1.67. The Morgan fingerprint density at radius 1 is 0.872 bits per heavy atom. The fourth-order valence-electron chi connectivity index (χ4n) is 4.85. The zero-order valence-corrected chi connectivity index (χ0v) is 24.9. The number of hydrogen-bond acceptors (Lipinski definition) is 3. The van der Waals surface area contributed by atoms with Gasteiger partial charge in [-0.15, -0.1) is 0 Å². The van der Waals surface area contributed by atoms with E-state index < -0.39 is 0 Å². The molecule has 0 spiro atoms. The van der Waals surface area contributed by atoms with Gasteiger partial charge in [-0.25, -0.2) is 4.79 Å². The molecule has 1 heterocycles. The Morgan fingerprint density at radius 3 is 2.21 bits per heavy atom. The Morgan fingerprint density at radius 2 is 1.54 bits per heavy atom. The van der Waals surface area contributed by atoms with Gasteiger partial charge in [-0.1, -0.05) is 113 Å². The third-order valence-electron chi connectivity index (χ3n) is 7.08. The first kappa shape index (κ1) is 30.7. The molecule has 1 aromatic heterocycles. The summed E-state index contributed by atoms with van der Waals surface area (Å²) in [5.74, 6) is 0.870. The average Bonchev–Trinajstić information content (AvgIpc) is 3.47. The summed E-state index contributed by atoms with van der Waals surface area (Å²) in [6, 6.07) is 16.2. The SMILES string of the molecule is CCCCCCCCCCCCCCOc1cccc(CN(C(=O)NC)c2cccc(C[n+]3ccsc3)c2)c1. The molecule has 0 aliphatic carbocycles. The topological polar surface area (TPSA) is 45.5 Å². The van der Waals surface area contributed by atoms with Crippen molar-refractivity contribution in [2.45, 2.75) is 97.1 Å². The third-order valence-corrected chi connectivity index (χ3v) is 7.75. The van der Waals surface area contributed by atoms with Gasteiger partial charge in [-0.3, -0.25) is 4.90 Å². The molecule has 2 aromatic carbocycles. The monoisotopic (exact) mass is 550 g/mol. The number of amides is 2. The van der Waals surface area contributed by atoms with Gasteiger partial charge in [0.05, 0.1) is 18.5 Å². The second-order valence-electron chi connectivity index (χ2n) is 10.4. The summed E-state index contributed by atoms with van der Waals surface area (Å²) in [5.41, 5.74) is 5.17. The highest BCUT2D eigenvalue weighted by atomic mass is 32.1. The summed E-state index contributed by atoms with van der Waals surface area (Å²) in [7, 11) is 1.68. The number of nitrogens with one attached hydrogen (secondary N) is 1. The zero-order chi connectivity index (χ0) is 27.5. The first-order valence-corrected chi connectivity index (χ1v) is 15.8. The minimum atomic E-state index is -0.127. The molecule has 1 N–H and O–H groups in total. The van der Waals surface area contributed by atoms with E-state index >= 15 is 0 Å². The third kappa shape index (κ3) is 11.8. The molecule has 39 heavy (non-hydrogen) atoms. The van der Waals surface area contributed by atoms with Crippen LogP contribution in [0.4, 0.5) is 10.5 Å². The van der Waals surface area contributed by atoms with Crippen molar-refractivity contribution in [1.29, 1.82) is 0 Å². The smallest absolute Gasteiger partial charge is 0.321 e. The number of carbonyl (C=O) groups excluding carboxylic acids is 1. The molecule has 0 saturated heterocycles. The van der Waals surface area contributed by atoms with Crippen molar-refractivity contribution >= 4 is 23.1 Å². The Hall–Kier alpha value is -2.86. The van der Waals surface area contributed by atoms with E-state index in [0.717, 1.165) is 42.1 Å². The fraction of sp³-hybridized carbons (Fsp3) is 0.515. The van der Waals surface area contributed by atoms with Crippen LogP contribution >= 0.6 is 11.3 Å². The number of anilines is 1. The largest absolute Gasteiger partial charge is 0.494 e. The van der Waals surface area contributed by atoms with E-state index in [9.17, 15) is 4.79 Å². The van der Waals surface area contributed by atoms with E-state index in [4.69, 9.17) is 4.74 Å². The van der Waals surface area contributed by atoms with Crippen LogP contribution in [0.25, 0.3) is 0 Å². The van der Waals surface area contributed by atoms with E-state index in [-0.39, 0.29) is 6.03 Å². The molecular formula is C33H48N3O2S+. The number of benzene rings is 2. The summed E-state index contributed by atoms with van der Waals surface area (Å²) in [6.45, 7) is 4.27. The summed E-state index contributed by atoms with van der Waals surface area (Å²) in [4.78, 5) is 14.6. The maximum Gasteiger partial charge on any atom is 0.321 e. The van der Waals surface area contributed by atoms with E-state index in [1.807, 2.05) is 24.3 Å². The number of aromatic nitrogens is 1. The average molecular weight is 551 g/mol. The highest BCUT2D eigenvalue weighted by Crippen LogP contribution is 2.22. The van der Waals surface area contributed by atoms with E-state index in [2.05, 4.69) is 58.2 Å². The first-order valence-electron chi connectivity index (χ1n) is 14.9. The van der Waals surface area contributed by atoms with Crippen molar-refractivity contribution in [2.24, 2.45) is 0 Å². The summed E-state index contributed by atoms with van der Waals surface area (Å²) in [6.07, 6.45) is 18.1. The van der Waals surface area contributed by atoms with Gasteiger partial charge in [-0.2, -0.15) is 4.57 Å². The maximum absolute atomic E-state index is 12.8. The molecule has 0 bridgehead atoms. The maximum atomic E-state index is 12.8. The number of rotatable bonds is 19. The van der Waals surface area contributed by atoms with Gasteiger partial charge >= 0.3 is 6.03 Å². The Kier molecular flexibility index (Phi) is 14.5. The zero-order valence-electron chi connectivity index (χ0n) is 24.1. The first-order chi connectivity index (χ1) is 19.2. The normalized spacial score (nSPS) is 10.9. The standard InChI is InChI=1S/C33H47N3O2S/c1-3-4-5-6-7-8-9-10-11-12-13-14-22-38-32-20-16-18-30(25-32)27-36(33(37)34-2)31-19-15-17-29(24-31)26-35-21-23-39-28-35/h15-21,23-25,28H,3-14,22,26-27H2,1-2H3/p+1. The van der Waals surface area contributed by atoms with Gasteiger partial charge in [0, 0.05) is 18.3 Å². The lowest BCUT2D eigenvalue weighted by molar-refractivity contribution is -0.683. The molecule has 2 amide bonds. The summed E-state index contributed by atoms with van der Waals surface area (Å²) in [5, 5.41) is 4.86. The Balaban J connectivity index is 1.41. The fourth-order valence-corrected chi connectivity index (χ4v) is 5.45. The van der Waals surface area contributed by atoms with Gasteiger partial charge < -0.3 is 10.1 Å². The lowest BCUT2D eigenvalue weighted by Gasteiger charge is -2.23. The van der Waals surface area contributed by atoms with Crippen LogP contribution in [0.2, 0.25) is 0 Å². The van der Waals surface area contributed by atoms with Gasteiger partial charge in [0.2, 0.25) is 5.51 Å². The number of carbonyl (C=O) groups is 1. The van der Waals surface area contributed by atoms with Crippen LogP contribution in [0.3, 0.4) is 0 Å². The summed E-state index contributed by atoms with van der Waals surface area (Å²) < 4.78 is 8.21. The van der Waals surface area contributed by atoms with E-state index in [1.165, 1.54) is 70.6 Å². The molecular weight excluding hydrogens is 502 g/mol. The Bertz CT molecular complexity index is 1070. The van der Waals surface area contributed by atoms with Gasteiger partial charge in [0.15, 0.2) is 12.7 Å². The van der Waals surface area contributed by atoms with E-state index in [0.29, 0.717) is 6.54 Å². The van der Waals surface area contributed by atoms with Crippen LogP contribution in [-0.4, -0.2) is 19.7 Å². The molecule has 0 fully saturated rings. The predicted octanol–water partition coefficient (Wildman–Crippen LogP) is 8.51. The molecule has 0 radical (unpaired) electrons. The number of unbranched alkanes of at least 4 members (excludes halogenated alkanes) is 11. The molecule has 3 aromatic rings. The van der Waals surface area contributed by atoms with Crippen LogP contribution in [0, 0.1) is 0 Å². The highest BCUT2D eigenvalue weighted by molar-refractivity contribution is 7.07. The number of thiazole rings is 1. The van der Waals surface area contributed by atoms with Crippen molar-refractivity contribution < 1.29 is 14.1 Å². The number of ether oxygens (including phenoxy) is 1. The second kappa shape index (κ2) is 18.4. The molecule has 212 valence electrons. The molecule has 3 rings (SSSR count). The van der Waals surface area contributed by atoms with Crippen LogP contribution in [0.5, 0.6) is 5.75 Å². The van der Waals surface area contributed by atoms with Crippen LogP contribution in [0.1, 0.15) is 95.1 Å². The van der Waals surface area contributed by atoms with Crippen molar-refractivity contribution in [1.82, 2.24) is 5.32 Å². The second-order valence-corrected chi connectivity index (χ2v) is 11.2. The predicted molar refractivity (Wildman–Crippen MR) is 164 cm³/mol. The van der Waals surface area contributed by atoms with Crippen molar-refractivity contribution in [3.8, 4) is 5.75 Å². The quantitative estimate of drug-likeness (QED) is 0.120. The minimum absolute atomic E-state index is 0.127. The molecule has 0 unspecified atom stereocenters. The number of hydrogen-bond donors (Lipinski definition) is 1. The molecule has 0 aliphatic rings. The van der Waals surface area contributed by atoms with Gasteiger partial charge in [0.25, 0.3) is 0 Å². The van der Waals surface area contributed by atoms with Gasteiger partial charge in [-0.05, 0) is 36.2 Å². The number of urea groups is 1.